The summed E-state index contributed by atoms with van der Waals surface area (Å²) in [5.41, 5.74) is 12.2. The summed E-state index contributed by atoms with van der Waals surface area (Å²) in [4.78, 5) is 3.56. The third-order valence-corrected chi connectivity index (χ3v) is 4.80. The van der Waals surface area contributed by atoms with Gasteiger partial charge in [-0.2, -0.15) is 0 Å². The Morgan fingerprint density at radius 1 is 1.14 bits per heavy atom. The van der Waals surface area contributed by atoms with E-state index in [0.29, 0.717) is 5.92 Å². The number of anilines is 1. The van der Waals surface area contributed by atoms with Gasteiger partial charge in [0.1, 0.15) is 5.75 Å². The molecule has 1 aromatic heterocycles. The summed E-state index contributed by atoms with van der Waals surface area (Å²) in [6, 6.07) is 14.6. The first kappa shape index (κ1) is 13.3. The van der Waals surface area contributed by atoms with Gasteiger partial charge < -0.3 is 15.5 Å². The van der Waals surface area contributed by atoms with Crippen molar-refractivity contribution >= 4 is 16.6 Å². The molecule has 3 heteroatoms. The van der Waals surface area contributed by atoms with Gasteiger partial charge in [-0.25, -0.2) is 0 Å². The van der Waals surface area contributed by atoms with Crippen LogP contribution >= 0.6 is 0 Å². The quantitative estimate of drug-likeness (QED) is 0.701. The zero-order chi connectivity index (χ0) is 15.1. The zero-order valence-corrected chi connectivity index (χ0v) is 12.7. The standard InChI is InChI=1S/C19H20N2O/c1-22-15-6-2-12(3-7-15)13-4-8-18-16(10-13)17-11-14(20)5-9-19(17)21-18/h2-3,5-7,9,11,13,21H,4,8,10,20H2,1H3. The van der Waals surface area contributed by atoms with Crippen molar-refractivity contribution in [2.24, 2.45) is 0 Å². The Morgan fingerprint density at radius 2 is 1.95 bits per heavy atom. The van der Waals surface area contributed by atoms with Crippen LogP contribution in [0.1, 0.15) is 29.2 Å². The fourth-order valence-corrected chi connectivity index (χ4v) is 3.60. The summed E-state index contributed by atoms with van der Waals surface area (Å²) < 4.78 is 5.25. The molecular weight excluding hydrogens is 272 g/mol. The maximum atomic E-state index is 5.97. The number of H-pyrrole nitrogens is 1. The third kappa shape index (κ3) is 2.13. The summed E-state index contributed by atoms with van der Waals surface area (Å²) in [7, 11) is 1.71. The Bertz CT molecular complexity index is 817. The third-order valence-electron chi connectivity index (χ3n) is 4.80. The second-order valence-corrected chi connectivity index (χ2v) is 6.10. The molecule has 0 fully saturated rings. The molecule has 0 radical (unpaired) electrons. The lowest BCUT2D eigenvalue weighted by Crippen LogP contribution is -2.12. The van der Waals surface area contributed by atoms with Crippen molar-refractivity contribution < 1.29 is 4.74 Å². The van der Waals surface area contributed by atoms with Gasteiger partial charge in [-0.1, -0.05) is 12.1 Å². The molecule has 3 N–H and O–H groups in total. The van der Waals surface area contributed by atoms with Gasteiger partial charge in [-0.05, 0) is 66.6 Å². The Morgan fingerprint density at radius 3 is 2.73 bits per heavy atom. The number of nitrogens with two attached hydrogens (primary N) is 1. The fourth-order valence-electron chi connectivity index (χ4n) is 3.60. The molecule has 0 bridgehead atoms. The van der Waals surface area contributed by atoms with Crippen LogP contribution in [-0.4, -0.2) is 12.1 Å². The van der Waals surface area contributed by atoms with Gasteiger partial charge >= 0.3 is 0 Å². The number of benzene rings is 2. The molecule has 112 valence electrons. The van der Waals surface area contributed by atoms with E-state index in [0.717, 1.165) is 24.3 Å². The predicted molar refractivity (Wildman–Crippen MR) is 90.5 cm³/mol. The molecule has 0 spiro atoms. The average molecular weight is 292 g/mol. The number of aromatic amines is 1. The van der Waals surface area contributed by atoms with E-state index in [2.05, 4.69) is 41.4 Å². The Balaban J connectivity index is 1.70. The van der Waals surface area contributed by atoms with Crippen molar-refractivity contribution in [3.63, 3.8) is 0 Å². The second-order valence-electron chi connectivity index (χ2n) is 6.10. The summed E-state index contributed by atoms with van der Waals surface area (Å²) in [5.74, 6) is 1.49. The Labute approximate surface area is 130 Å². The molecule has 3 aromatic rings. The molecule has 22 heavy (non-hydrogen) atoms. The van der Waals surface area contributed by atoms with Crippen LogP contribution < -0.4 is 10.5 Å². The first-order valence-corrected chi connectivity index (χ1v) is 7.77. The maximum Gasteiger partial charge on any atom is 0.118 e. The molecule has 0 saturated carbocycles. The van der Waals surface area contributed by atoms with Crippen LogP contribution in [0.5, 0.6) is 5.75 Å². The van der Waals surface area contributed by atoms with Crippen LogP contribution in [0.3, 0.4) is 0 Å². The van der Waals surface area contributed by atoms with E-state index in [1.165, 1.54) is 34.1 Å². The molecule has 0 saturated heterocycles. The molecule has 0 aliphatic heterocycles. The molecular formula is C19H20N2O. The highest BCUT2D eigenvalue weighted by Gasteiger charge is 2.23. The molecule has 1 aliphatic carbocycles. The van der Waals surface area contributed by atoms with Gasteiger partial charge in [0.2, 0.25) is 0 Å². The van der Waals surface area contributed by atoms with Crippen molar-refractivity contribution in [1.82, 2.24) is 4.98 Å². The minimum Gasteiger partial charge on any atom is -0.497 e. The molecule has 0 amide bonds. The average Bonchev–Trinajstić information content (AvgIpc) is 2.92. The van der Waals surface area contributed by atoms with Crippen molar-refractivity contribution in [2.45, 2.75) is 25.2 Å². The molecule has 1 aliphatic rings. The number of aromatic nitrogens is 1. The lowest BCUT2D eigenvalue weighted by molar-refractivity contribution is 0.414. The van der Waals surface area contributed by atoms with Crippen LogP contribution in [0.15, 0.2) is 42.5 Å². The van der Waals surface area contributed by atoms with E-state index in [1.54, 1.807) is 7.11 Å². The number of fused-ring (bicyclic) bond motifs is 3. The van der Waals surface area contributed by atoms with Gasteiger partial charge in [-0.3, -0.25) is 0 Å². The van der Waals surface area contributed by atoms with Crippen LogP contribution in [0.2, 0.25) is 0 Å². The SMILES string of the molecule is COc1ccc(C2CCc3[nH]c4ccc(N)cc4c3C2)cc1. The number of hydrogen-bond donors (Lipinski definition) is 2. The smallest absolute Gasteiger partial charge is 0.118 e. The van der Waals surface area contributed by atoms with Crippen molar-refractivity contribution in [3.8, 4) is 5.75 Å². The van der Waals surface area contributed by atoms with E-state index >= 15 is 0 Å². The minimum atomic E-state index is 0.568. The largest absolute Gasteiger partial charge is 0.497 e. The molecule has 1 unspecified atom stereocenters. The summed E-state index contributed by atoms with van der Waals surface area (Å²) in [6.07, 6.45) is 3.35. The molecule has 1 atom stereocenters. The number of methoxy groups -OCH3 is 1. The predicted octanol–water partition coefficient (Wildman–Crippen LogP) is 4.03. The highest BCUT2D eigenvalue weighted by molar-refractivity contribution is 5.87. The van der Waals surface area contributed by atoms with Crippen molar-refractivity contribution in [1.29, 1.82) is 0 Å². The lowest BCUT2D eigenvalue weighted by Gasteiger charge is -2.23. The monoisotopic (exact) mass is 292 g/mol. The molecule has 2 aromatic carbocycles. The van der Waals surface area contributed by atoms with E-state index in [9.17, 15) is 0 Å². The van der Waals surface area contributed by atoms with E-state index in [4.69, 9.17) is 10.5 Å². The number of nitrogens with one attached hydrogen (secondary N) is 1. The number of rotatable bonds is 2. The minimum absolute atomic E-state index is 0.568. The van der Waals surface area contributed by atoms with E-state index in [-0.39, 0.29) is 0 Å². The fraction of sp³-hybridized carbons (Fsp3) is 0.263. The summed E-state index contributed by atoms with van der Waals surface area (Å²) in [6.45, 7) is 0. The maximum absolute atomic E-state index is 5.97. The van der Waals surface area contributed by atoms with Gasteiger partial charge in [-0.15, -0.1) is 0 Å². The highest BCUT2D eigenvalue weighted by atomic mass is 16.5. The topological polar surface area (TPSA) is 51.0 Å². The van der Waals surface area contributed by atoms with Crippen LogP contribution in [0, 0.1) is 0 Å². The van der Waals surface area contributed by atoms with Gasteiger partial charge in [0.15, 0.2) is 0 Å². The lowest BCUT2D eigenvalue weighted by atomic mass is 9.82. The first-order valence-electron chi connectivity index (χ1n) is 7.77. The zero-order valence-electron chi connectivity index (χ0n) is 12.7. The van der Waals surface area contributed by atoms with E-state index in [1.807, 2.05) is 6.07 Å². The summed E-state index contributed by atoms with van der Waals surface area (Å²) in [5, 5.41) is 1.29. The Kier molecular flexibility index (Phi) is 3.07. The number of hydrogen-bond acceptors (Lipinski definition) is 2. The first-order chi connectivity index (χ1) is 10.7. The van der Waals surface area contributed by atoms with E-state index < -0.39 is 0 Å². The number of aryl methyl sites for hydroxylation is 1. The molecule has 1 heterocycles. The Hall–Kier alpha value is -2.42. The van der Waals surface area contributed by atoms with Crippen LogP contribution in [0.25, 0.3) is 10.9 Å². The van der Waals surface area contributed by atoms with Gasteiger partial charge in [0, 0.05) is 22.3 Å². The van der Waals surface area contributed by atoms with Gasteiger partial charge in [0.05, 0.1) is 7.11 Å². The summed E-state index contributed by atoms with van der Waals surface area (Å²) >= 11 is 0. The van der Waals surface area contributed by atoms with Crippen LogP contribution in [-0.2, 0) is 12.8 Å². The van der Waals surface area contributed by atoms with Crippen molar-refractivity contribution in [2.75, 3.05) is 12.8 Å². The molecule has 3 nitrogen and oxygen atoms in total. The van der Waals surface area contributed by atoms with Crippen molar-refractivity contribution in [3.05, 3.63) is 59.3 Å². The number of nitrogen functional groups attached to an aromatic ring is 1. The van der Waals surface area contributed by atoms with Crippen LogP contribution in [0.4, 0.5) is 5.69 Å². The normalized spacial score (nSPS) is 17.4. The second kappa shape index (κ2) is 5.09. The number of ether oxygens (including phenoxy) is 1. The van der Waals surface area contributed by atoms with Gasteiger partial charge in [0.25, 0.3) is 0 Å². The highest BCUT2D eigenvalue weighted by Crippen LogP contribution is 2.37. The molecule has 4 rings (SSSR count).